The Bertz CT molecular complexity index is 378. The minimum Gasteiger partial charge on any atom is -0.497 e. The van der Waals surface area contributed by atoms with Crippen LogP contribution in [0.4, 0.5) is 4.39 Å². The van der Waals surface area contributed by atoms with Gasteiger partial charge in [-0.25, -0.2) is 4.39 Å². The summed E-state index contributed by atoms with van der Waals surface area (Å²) < 4.78 is 18.5. The maximum atomic E-state index is 13.5. The van der Waals surface area contributed by atoms with Crippen LogP contribution in [-0.4, -0.2) is 20.2 Å². The lowest BCUT2D eigenvalue weighted by Gasteiger charge is -2.12. The smallest absolute Gasteiger partial charge is 0.145 e. The zero-order valence-electron chi connectivity index (χ0n) is 9.22. The van der Waals surface area contributed by atoms with E-state index >= 15 is 0 Å². The van der Waals surface area contributed by atoms with Gasteiger partial charge in [-0.05, 0) is 43.5 Å². The Labute approximate surface area is 99.7 Å². The molecule has 1 atom stereocenters. The van der Waals surface area contributed by atoms with Crippen molar-refractivity contribution < 1.29 is 9.13 Å². The Morgan fingerprint density at radius 1 is 1.56 bits per heavy atom. The fourth-order valence-electron chi connectivity index (χ4n) is 2.08. The molecule has 1 N–H and O–H groups in total. The summed E-state index contributed by atoms with van der Waals surface area (Å²) in [6.45, 7) is 2.02. The van der Waals surface area contributed by atoms with Gasteiger partial charge in [0.25, 0.3) is 0 Å². The van der Waals surface area contributed by atoms with Crippen LogP contribution in [0.3, 0.4) is 0 Å². The molecule has 1 saturated heterocycles. The van der Waals surface area contributed by atoms with Gasteiger partial charge in [0.05, 0.1) is 12.1 Å². The molecule has 0 saturated carbocycles. The van der Waals surface area contributed by atoms with E-state index in [0.717, 1.165) is 31.5 Å². The second-order valence-corrected chi connectivity index (χ2v) is 4.52. The minimum atomic E-state index is -0.401. The molecule has 1 unspecified atom stereocenters. The molecule has 0 spiro atoms. The Kier molecular flexibility index (Phi) is 3.66. The van der Waals surface area contributed by atoms with Crippen molar-refractivity contribution in [2.24, 2.45) is 5.92 Å². The molecule has 0 aromatic heterocycles. The number of rotatable bonds is 3. The lowest BCUT2D eigenvalue weighted by Crippen LogP contribution is -2.11. The van der Waals surface area contributed by atoms with Gasteiger partial charge in [-0.15, -0.1) is 0 Å². The maximum absolute atomic E-state index is 13.5. The van der Waals surface area contributed by atoms with E-state index in [-0.39, 0.29) is 5.02 Å². The Hall–Kier alpha value is -0.800. The number of halogens is 2. The molecule has 0 amide bonds. The van der Waals surface area contributed by atoms with Crippen molar-refractivity contribution in [3.05, 3.63) is 28.5 Å². The van der Waals surface area contributed by atoms with Crippen LogP contribution < -0.4 is 10.1 Å². The fourth-order valence-corrected chi connectivity index (χ4v) is 2.27. The summed E-state index contributed by atoms with van der Waals surface area (Å²) in [6.07, 6.45) is 1.93. The summed E-state index contributed by atoms with van der Waals surface area (Å²) in [5.41, 5.74) is 0.840. The molecule has 0 aliphatic carbocycles. The van der Waals surface area contributed by atoms with E-state index < -0.39 is 5.82 Å². The molecule has 0 radical (unpaired) electrons. The van der Waals surface area contributed by atoms with Crippen molar-refractivity contribution in [1.82, 2.24) is 5.32 Å². The van der Waals surface area contributed by atoms with Gasteiger partial charge in [-0.2, -0.15) is 0 Å². The molecule has 2 rings (SSSR count). The molecule has 88 valence electrons. The molecule has 1 heterocycles. The van der Waals surface area contributed by atoms with Crippen LogP contribution in [0.5, 0.6) is 5.75 Å². The van der Waals surface area contributed by atoms with Crippen LogP contribution in [0.25, 0.3) is 0 Å². The Morgan fingerprint density at radius 3 is 3.00 bits per heavy atom. The highest BCUT2D eigenvalue weighted by Crippen LogP contribution is 2.28. The third kappa shape index (κ3) is 2.47. The Morgan fingerprint density at radius 2 is 2.38 bits per heavy atom. The first-order chi connectivity index (χ1) is 7.70. The van der Waals surface area contributed by atoms with Crippen molar-refractivity contribution in [2.45, 2.75) is 12.8 Å². The van der Waals surface area contributed by atoms with Gasteiger partial charge in [-0.1, -0.05) is 11.6 Å². The van der Waals surface area contributed by atoms with Crippen LogP contribution in [0.15, 0.2) is 12.1 Å². The second-order valence-electron chi connectivity index (χ2n) is 4.15. The second kappa shape index (κ2) is 5.02. The van der Waals surface area contributed by atoms with Crippen molar-refractivity contribution in [2.75, 3.05) is 20.2 Å². The van der Waals surface area contributed by atoms with Crippen molar-refractivity contribution >= 4 is 11.6 Å². The van der Waals surface area contributed by atoms with E-state index in [1.807, 2.05) is 6.07 Å². The first-order valence-corrected chi connectivity index (χ1v) is 5.81. The lowest BCUT2D eigenvalue weighted by molar-refractivity contribution is 0.410. The zero-order valence-corrected chi connectivity index (χ0v) is 9.98. The third-order valence-electron chi connectivity index (χ3n) is 2.98. The molecule has 1 aromatic carbocycles. The normalized spacial score (nSPS) is 20.1. The lowest BCUT2D eigenvalue weighted by atomic mass is 9.98. The van der Waals surface area contributed by atoms with Gasteiger partial charge in [0.2, 0.25) is 0 Å². The van der Waals surface area contributed by atoms with E-state index in [1.165, 1.54) is 13.2 Å². The summed E-state index contributed by atoms with van der Waals surface area (Å²) in [4.78, 5) is 0. The summed E-state index contributed by atoms with van der Waals surface area (Å²) >= 11 is 5.95. The number of benzene rings is 1. The summed E-state index contributed by atoms with van der Waals surface area (Å²) in [6, 6.07) is 3.14. The van der Waals surface area contributed by atoms with Crippen molar-refractivity contribution in [3.63, 3.8) is 0 Å². The number of hydrogen-bond donors (Lipinski definition) is 1. The van der Waals surface area contributed by atoms with Crippen LogP contribution >= 0.6 is 11.6 Å². The quantitative estimate of drug-likeness (QED) is 0.881. The van der Waals surface area contributed by atoms with E-state index in [9.17, 15) is 4.39 Å². The zero-order chi connectivity index (χ0) is 11.5. The van der Waals surface area contributed by atoms with Crippen LogP contribution in [0.2, 0.25) is 5.02 Å². The molecular weight excluding hydrogens is 229 g/mol. The van der Waals surface area contributed by atoms with Crippen LogP contribution in [0.1, 0.15) is 12.0 Å². The molecule has 2 nitrogen and oxygen atoms in total. The molecule has 4 heteroatoms. The van der Waals surface area contributed by atoms with Crippen molar-refractivity contribution in [3.8, 4) is 5.75 Å². The van der Waals surface area contributed by atoms with Gasteiger partial charge >= 0.3 is 0 Å². The van der Waals surface area contributed by atoms with Gasteiger partial charge in [0.15, 0.2) is 0 Å². The molecular formula is C12H15ClFNO. The highest BCUT2D eigenvalue weighted by molar-refractivity contribution is 6.31. The van der Waals surface area contributed by atoms with Crippen LogP contribution in [-0.2, 0) is 6.42 Å². The first-order valence-electron chi connectivity index (χ1n) is 5.43. The van der Waals surface area contributed by atoms with E-state index in [0.29, 0.717) is 11.7 Å². The average Bonchev–Trinajstić information content (AvgIpc) is 2.77. The summed E-state index contributed by atoms with van der Waals surface area (Å²) in [5.74, 6) is 0.675. The molecule has 1 aromatic rings. The van der Waals surface area contributed by atoms with Gasteiger partial charge in [0.1, 0.15) is 11.6 Å². The number of nitrogens with one attached hydrogen (secondary N) is 1. The predicted octanol–water partition coefficient (Wildman–Crippen LogP) is 2.64. The highest BCUT2D eigenvalue weighted by atomic mass is 35.5. The molecule has 0 bridgehead atoms. The topological polar surface area (TPSA) is 21.3 Å². The van der Waals surface area contributed by atoms with E-state index in [1.54, 1.807) is 0 Å². The number of methoxy groups -OCH3 is 1. The third-order valence-corrected chi connectivity index (χ3v) is 3.41. The highest BCUT2D eigenvalue weighted by Gasteiger charge is 2.18. The maximum Gasteiger partial charge on any atom is 0.145 e. The Balaban J connectivity index is 2.20. The largest absolute Gasteiger partial charge is 0.497 e. The summed E-state index contributed by atoms with van der Waals surface area (Å²) in [7, 11) is 1.53. The van der Waals surface area contributed by atoms with Gasteiger partial charge < -0.3 is 10.1 Å². The SMILES string of the molecule is COc1cc(F)c(Cl)c(CC2CCNC2)c1. The minimum absolute atomic E-state index is 0.229. The predicted molar refractivity (Wildman–Crippen MR) is 62.6 cm³/mol. The van der Waals surface area contributed by atoms with Gasteiger partial charge in [0, 0.05) is 6.07 Å². The van der Waals surface area contributed by atoms with Crippen molar-refractivity contribution in [1.29, 1.82) is 0 Å². The number of hydrogen-bond acceptors (Lipinski definition) is 2. The molecule has 1 fully saturated rings. The number of ether oxygens (including phenoxy) is 1. The monoisotopic (exact) mass is 243 g/mol. The fraction of sp³-hybridized carbons (Fsp3) is 0.500. The molecule has 1 aliphatic rings. The molecule has 1 aliphatic heterocycles. The van der Waals surface area contributed by atoms with Gasteiger partial charge in [-0.3, -0.25) is 0 Å². The molecule has 16 heavy (non-hydrogen) atoms. The van der Waals surface area contributed by atoms with E-state index in [4.69, 9.17) is 16.3 Å². The first kappa shape index (κ1) is 11.7. The van der Waals surface area contributed by atoms with Crippen LogP contribution in [0, 0.1) is 11.7 Å². The summed E-state index contributed by atoms with van der Waals surface area (Å²) in [5, 5.41) is 3.52. The average molecular weight is 244 g/mol. The standard InChI is InChI=1S/C12H15ClFNO/c1-16-10-5-9(12(13)11(14)6-10)4-8-2-3-15-7-8/h5-6,8,15H,2-4,7H2,1H3. The van der Waals surface area contributed by atoms with E-state index in [2.05, 4.69) is 5.32 Å².